The van der Waals surface area contributed by atoms with Gasteiger partial charge in [-0.3, -0.25) is 4.79 Å². The molecule has 3 rings (SSSR count). The van der Waals surface area contributed by atoms with Crippen molar-refractivity contribution >= 4 is 17.2 Å². The number of aryl methyl sites for hydroxylation is 1. The van der Waals surface area contributed by atoms with Crippen molar-refractivity contribution in [1.29, 1.82) is 0 Å². The van der Waals surface area contributed by atoms with Crippen molar-refractivity contribution in [1.82, 2.24) is 15.6 Å². The van der Waals surface area contributed by atoms with Crippen LogP contribution in [-0.4, -0.2) is 30.0 Å². The van der Waals surface area contributed by atoms with E-state index in [4.69, 9.17) is 4.42 Å². The second-order valence-electron chi connectivity index (χ2n) is 6.72. The fourth-order valence-corrected chi connectivity index (χ4v) is 4.02. The molecule has 0 aliphatic heterocycles. The summed E-state index contributed by atoms with van der Waals surface area (Å²) in [4.78, 5) is 16.6. The number of hydrogen-bond donors (Lipinski definition) is 2. The van der Waals surface area contributed by atoms with Gasteiger partial charge in [0.1, 0.15) is 5.76 Å². The zero-order chi connectivity index (χ0) is 17.5. The van der Waals surface area contributed by atoms with Gasteiger partial charge < -0.3 is 15.1 Å². The number of thiazole rings is 1. The number of hydrogen-bond acceptors (Lipinski definition) is 5. The summed E-state index contributed by atoms with van der Waals surface area (Å²) in [6.07, 6.45) is 8.23. The summed E-state index contributed by atoms with van der Waals surface area (Å²) in [5.41, 5.74) is 0.795. The number of carbonyl (C=O) groups is 1. The van der Waals surface area contributed by atoms with Crippen molar-refractivity contribution in [2.24, 2.45) is 0 Å². The highest BCUT2D eigenvalue weighted by Crippen LogP contribution is 2.25. The predicted octanol–water partition coefficient (Wildman–Crippen LogP) is 3.68. The molecule has 6 heteroatoms. The second-order valence-corrected chi connectivity index (χ2v) is 7.58. The van der Waals surface area contributed by atoms with E-state index in [0.29, 0.717) is 19.0 Å². The fourth-order valence-electron chi connectivity index (χ4n) is 3.24. The van der Waals surface area contributed by atoms with Crippen molar-refractivity contribution < 1.29 is 9.21 Å². The molecule has 1 saturated carbocycles. The molecule has 0 bridgehead atoms. The average Bonchev–Trinajstić information content (AvgIpc) is 3.14. The molecular formula is C19H27N3O2S. The highest BCUT2D eigenvalue weighted by molar-refractivity contribution is 7.13. The number of nitrogens with one attached hydrogen (secondary N) is 2. The van der Waals surface area contributed by atoms with Crippen molar-refractivity contribution in [2.75, 3.05) is 13.1 Å². The molecule has 136 valence electrons. The second kappa shape index (κ2) is 9.15. The Hall–Kier alpha value is -1.66. The molecule has 0 spiro atoms. The van der Waals surface area contributed by atoms with Crippen LogP contribution in [0.15, 0.2) is 21.9 Å². The van der Waals surface area contributed by atoms with E-state index in [2.05, 4.69) is 15.6 Å². The third kappa shape index (κ3) is 5.68. The molecule has 1 fully saturated rings. The van der Waals surface area contributed by atoms with Gasteiger partial charge in [-0.1, -0.05) is 25.7 Å². The first-order chi connectivity index (χ1) is 12.2. The van der Waals surface area contributed by atoms with Gasteiger partial charge in [0.15, 0.2) is 10.8 Å². The van der Waals surface area contributed by atoms with Gasteiger partial charge >= 0.3 is 0 Å². The Bertz CT molecular complexity index is 672. The van der Waals surface area contributed by atoms with Gasteiger partial charge in [-0.25, -0.2) is 4.98 Å². The highest BCUT2D eigenvalue weighted by atomic mass is 32.1. The minimum Gasteiger partial charge on any atom is -0.459 e. The van der Waals surface area contributed by atoms with Crippen LogP contribution in [0.25, 0.3) is 10.8 Å². The van der Waals surface area contributed by atoms with Crippen molar-refractivity contribution in [2.45, 2.75) is 57.9 Å². The number of aromatic nitrogens is 1. The Balaban J connectivity index is 1.37. The minimum absolute atomic E-state index is 0.0233. The maximum Gasteiger partial charge on any atom is 0.226 e. The largest absolute Gasteiger partial charge is 0.459 e. The van der Waals surface area contributed by atoms with Crippen molar-refractivity contribution in [3.8, 4) is 10.8 Å². The summed E-state index contributed by atoms with van der Waals surface area (Å²) >= 11 is 1.51. The van der Waals surface area contributed by atoms with Crippen LogP contribution in [0.3, 0.4) is 0 Å². The van der Waals surface area contributed by atoms with Gasteiger partial charge in [0.05, 0.1) is 12.1 Å². The third-order valence-electron chi connectivity index (χ3n) is 4.58. The number of nitrogens with zero attached hydrogens (tertiary/aromatic N) is 1. The predicted molar refractivity (Wildman–Crippen MR) is 101 cm³/mol. The van der Waals surface area contributed by atoms with Crippen molar-refractivity contribution in [3.05, 3.63) is 29.0 Å². The van der Waals surface area contributed by atoms with E-state index < -0.39 is 0 Å². The maximum absolute atomic E-state index is 12.1. The van der Waals surface area contributed by atoms with Gasteiger partial charge in [0.25, 0.3) is 0 Å². The van der Waals surface area contributed by atoms with E-state index in [0.717, 1.165) is 28.8 Å². The zero-order valence-electron chi connectivity index (χ0n) is 14.8. The van der Waals surface area contributed by atoms with E-state index >= 15 is 0 Å². The molecule has 1 aliphatic carbocycles. The number of carbonyl (C=O) groups excluding carboxylic acids is 1. The quantitative estimate of drug-likeness (QED) is 0.583. The van der Waals surface area contributed by atoms with Crippen LogP contribution in [0.1, 0.15) is 50.0 Å². The van der Waals surface area contributed by atoms with Crippen LogP contribution in [0.2, 0.25) is 0 Å². The van der Waals surface area contributed by atoms with Crippen molar-refractivity contribution in [3.63, 3.8) is 0 Å². The van der Waals surface area contributed by atoms with E-state index in [-0.39, 0.29) is 5.91 Å². The summed E-state index contributed by atoms with van der Waals surface area (Å²) in [5, 5.41) is 9.30. The normalized spacial score (nSPS) is 15.9. The third-order valence-corrected chi connectivity index (χ3v) is 5.49. The Kier molecular flexibility index (Phi) is 6.64. The van der Waals surface area contributed by atoms with E-state index in [1.54, 1.807) is 0 Å². The van der Waals surface area contributed by atoms with Gasteiger partial charge in [-0.2, -0.15) is 0 Å². The summed E-state index contributed by atoms with van der Waals surface area (Å²) in [6.45, 7) is 3.42. The average molecular weight is 362 g/mol. The molecule has 25 heavy (non-hydrogen) atoms. The lowest BCUT2D eigenvalue weighted by atomic mass is 10.1. The first-order valence-electron chi connectivity index (χ1n) is 9.22. The SMILES string of the molecule is Cc1ccc(-c2nc(CC(=O)NCCNC3CCCCCC3)cs2)o1. The highest BCUT2D eigenvalue weighted by Gasteiger charge is 2.12. The molecule has 1 amide bonds. The lowest BCUT2D eigenvalue weighted by Gasteiger charge is -2.16. The molecule has 0 saturated heterocycles. The Morgan fingerprint density at radius 3 is 2.76 bits per heavy atom. The first kappa shape index (κ1) is 18.1. The summed E-state index contributed by atoms with van der Waals surface area (Å²) < 4.78 is 5.57. The lowest BCUT2D eigenvalue weighted by molar-refractivity contribution is -0.120. The van der Waals surface area contributed by atoms with E-state index in [1.165, 1.54) is 49.9 Å². The van der Waals surface area contributed by atoms with E-state index in [1.807, 2.05) is 24.4 Å². The number of furan rings is 1. The molecule has 0 unspecified atom stereocenters. The fraction of sp³-hybridized carbons (Fsp3) is 0.579. The summed E-state index contributed by atoms with van der Waals surface area (Å²) in [7, 11) is 0. The molecule has 1 aliphatic rings. The monoisotopic (exact) mass is 361 g/mol. The smallest absolute Gasteiger partial charge is 0.226 e. The molecule has 2 aromatic rings. The van der Waals surface area contributed by atoms with Gasteiger partial charge in [0.2, 0.25) is 5.91 Å². The molecule has 2 heterocycles. The van der Waals surface area contributed by atoms with Crippen LogP contribution in [0.4, 0.5) is 0 Å². The number of amides is 1. The molecule has 5 nitrogen and oxygen atoms in total. The van der Waals surface area contributed by atoms with Gasteiger partial charge in [-0.15, -0.1) is 11.3 Å². The standard InChI is InChI=1S/C19H27N3O2S/c1-14-8-9-17(24-14)19-22-16(13-25-19)12-18(23)21-11-10-20-15-6-4-2-3-5-7-15/h8-9,13,15,20H,2-7,10-12H2,1H3,(H,21,23). The molecule has 0 radical (unpaired) electrons. The molecule has 0 aromatic carbocycles. The molecule has 2 N–H and O–H groups in total. The van der Waals surface area contributed by atoms with Gasteiger partial charge in [-0.05, 0) is 31.9 Å². The van der Waals surface area contributed by atoms with Crippen LogP contribution in [0.5, 0.6) is 0 Å². The Morgan fingerprint density at radius 1 is 1.24 bits per heavy atom. The van der Waals surface area contributed by atoms with Crippen LogP contribution >= 0.6 is 11.3 Å². The lowest BCUT2D eigenvalue weighted by Crippen LogP contribution is -2.37. The Labute approximate surface area is 153 Å². The first-order valence-corrected chi connectivity index (χ1v) is 10.1. The number of rotatable bonds is 7. The molecule has 0 atom stereocenters. The topological polar surface area (TPSA) is 67.2 Å². The Morgan fingerprint density at radius 2 is 2.04 bits per heavy atom. The van der Waals surface area contributed by atoms with Crippen LogP contribution in [0, 0.1) is 6.92 Å². The van der Waals surface area contributed by atoms with Gasteiger partial charge in [0, 0.05) is 24.5 Å². The molecule has 2 aromatic heterocycles. The summed E-state index contributed by atoms with van der Waals surface area (Å²) in [5.74, 6) is 1.66. The minimum atomic E-state index is 0.0233. The van der Waals surface area contributed by atoms with Crippen LogP contribution < -0.4 is 10.6 Å². The maximum atomic E-state index is 12.1. The summed E-state index contributed by atoms with van der Waals surface area (Å²) in [6, 6.07) is 4.46. The zero-order valence-corrected chi connectivity index (χ0v) is 15.7. The van der Waals surface area contributed by atoms with Crippen LogP contribution in [-0.2, 0) is 11.2 Å². The molecular weight excluding hydrogens is 334 g/mol. The van der Waals surface area contributed by atoms with E-state index in [9.17, 15) is 4.79 Å².